The number of aromatic nitrogens is 2. The lowest BCUT2D eigenvalue weighted by molar-refractivity contribution is -0.384. The molecule has 0 radical (unpaired) electrons. The molecule has 28 heavy (non-hydrogen) atoms. The van der Waals surface area contributed by atoms with Crippen molar-refractivity contribution < 1.29 is 9.72 Å². The molecular weight excluding hydrogens is 356 g/mol. The first-order valence-electron chi connectivity index (χ1n) is 9.13. The summed E-state index contributed by atoms with van der Waals surface area (Å²) in [5.74, 6) is 0.737. The molecular formula is C21H20N4O3. The maximum absolute atomic E-state index is 12.9. The lowest BCUT2D eigenvalue weighted by Gasteiger charge is -2.17. The Hall–Kier alpha value is -3.48. The summed E-state index contributed by atoms with van der Waals surface area (Å²) in [4.78, 5) is 29.8. The van der Waals surface area contributed by atoms with E-state index in [-0.39, 0.29) is 18.0 Å². The van der Waals surface area contributed by atoms with Crippen LogP contribution in [-0.2, 0) is 17.6 Å². The highest BCUT2D eigenvalue weighted by Crippen LogP contribution is 2.31. The molecule has 3 aromatic rings. The Morgan fingerprint density at radius 1 is 1.14 bits per heavy atom. The molecule has 0 spiro atoms. The highest BCUT2D eigenvalue weighted by molar-refractivity contribution is 5.96. The number of pyridine rings is 1. The van der Waals surface area contributed by atoms with Gasteiger partial charge in [0.1, 0.15) is 5.82 Å². The Balaban J connectivity index is 1.56. The van der Waals surface area contributed by atoms with E-state index < -0.39 is 4.92 Å². The minimum atomic E-state index is -0.411. The summed E-state index contributed by atoms with van der Waals surface area (Å²) in [6.45, 7) is 4.57. The van der Waals surface area contributed by atoms with Crippen LogP contribution >= 0.6 is 0 Å². The number of nitro groups is 1. The second-order valence-electron chi connectivity index (χ2n) is 6.98. The van der Waals surface area contributed by atoms with Crippen LogP contribution in [0.1, 0.15) is 22.6 Å². The van der Waals surface area contributed by atoms with E-state index >= 15 is 0 Å². The number of hydrogen-bond donors (Lipinski definition) is 0. The molecule has 4 rings (SSSR count). The SMILES string of the molecule is Cc1ccc(C)n1-c1cccc(CC(=O)N2CCc3cc([N+](=O)[O-])ccc32)n1. The van der Waals surface area contributed by atoms with Crippen LogP contribution in [-0.4, -0.2) is 26.9 Å². The van der Waals surface area contributed by atoms with E-state index in [0.29, 0.717) is 18.7 Å². The number of hydrogen-bond acceptors (Lipinski definition) is 4. The molecule has 1 aliphatic heterocycles. The monoisotopic (exact) mass is 376 g/mol. The minimum absolute atomic E-state index is 0.0554. The standard InChI is InChI=1S/C21H20N4O3/c1-14-6-7-15(2)24(14)20-5-3-4-17(22-20)13-21(26)23-11-10-16-12-18(25(27)28)8-9-19(16)23/h3-9,12H,10-11,13H2,1-2H3. The average molecular weight is 376 g/mol. The topological polar surface area (TPSA) is 81.3 Å². The van der Waals surface area contributed by atoms with Gasteiger partial charge in [-0.15, -0.1) is 0 Å². The van der Waals surface area contributed by atoms with E-state index in [1.54, 1.807) is 17.0 Å². The van der Waals surface area contributed by atoms with Gasteiger partial charge in [0, 0.05) is 35.8 Å². The molecule has 2 aromatic heterocycles. The van der Waals surface area contributed by atoms with Gasteiger partial charge in [-0.25, -0.2) is 4.98 Å². The molecule has 0 saturated carbocycles. The third-order valence-corrected chi connectivity index (χ3v) is 5.10. The first-order chi connectivity index (χ1) is 13.4. The molecule has 142 valence electrons. The molecule has 7 nitrogen and oxygen atoms in total. The van der Waals surface area contributed by atoms with E-state index in [9.17, 15) is 14.9 Å². The number of aryl methyl sites for hydroxylation is 2. The molecule has 0 aliphatic carbocycles. The number of nitro benzene ring substituents is 1. The summed E-state index contributed by atoms with van der Waals surface area (Å²) >= 11 is 0. The summed E-state index contributed by atoms with van der Waals surface area (Å²) in [6, 6.07) is 14.4. The predicted octanol–water partition coefficient (Wildman–Crippen LogP) is 3.53. The van der Waals surface area contributed by atoms with E-state index in [0.717, 1.165) is 28.5 Å². The second-order valence-corrected chi connectivity index (χ2v) is 6.98. The summed E-state index contributed by atoms with van der Waals surface area (Å²) in [5.41, 5.74) is 4.52. The van der Waals surface area contributed by atoms with Gasteiger partial charge < -0.3 is 9.47 Å². The van der Waals surface area contributed by atoms with E-state index in [2.05, 4.69) is 9.55 Å². The van der Waals surface area contributed by atoms with Crippen LogP contribution < -0.4 is 4.90 Å². The molecule has 3 heterocycles. The number of fused-ring (bicyclic) bond motifs is 1. The van der Waals surface area contributed by atoms with Gasteiger partial charge >= 0.3 is 0 Å². The number of nitrogens with zero attached hydrogens (tertiary/aromatic N) is 4. The number of non-ortho nitro benzene ring substituents is 1. The van der Waals surface area contributed by atoms with Gasteiger partial charge in [-0.2, -0.15) is 0 Å². The van der Waals surface area contributed by atoms with Gasteiger partial charge in [-0.1, -0.05) is 6.07 Å². The largest absolute Gasteiger partial charge is 0.311 e. The third-order valence-electron chi connectivity index (χ3n) is 5.10. The number of carbonyl (C=O) groups is 1. The van der Waals surface area contributed by atoms with Crippen LogP contribution in [0, 0.1) is 24.0 Å². The quantitative estimate of drug-likeness (QED) is 0.515. The van der Waals surface area contributed by atoms with Crippen LogP contribution in [0.3, 0.4) is 0 Å². The highest BCUT2D eigenvalue weighted by atomic mass is 16.6. The Labute approximate surface area is 162 Å². The third kappa shape index (κ3) is 3.15. The van der Waals surface area contributed by atoms with Crippen molar-refractivity contribution >= 4 is 17.3 Å². The van der Waals surface area contributed by atoms with Gasteiger partial charge in [0.2, 0.25) is 5.91 Å². The van der Waals surface area contributed by atoms with Crippen molar-refractivity contribution in [1.82, 2.24) is 9.55 Å². The van der Waals surface area contributed by atoms with Crippen LogP contribution in [0.2, 0.25) is 0 Å². The number of amides is 1. The van der Waals surface area contributed by atoms with E-state index in [1.165, 1.54) is 6.07 Å². The fraction of sp³-hybridized carbons (Fsp3) is 0.238. The number of carbonyl (C=O) groups excluding carboxylic acids is 1. The number of benzene rings is 1. The molecule has 0 atom stereocenters. The maximum atomic E-state index is 12.9. The second kappa shape index (κ2) is 6.92. The average Bonchev–Trinajstić information content (AvgIpc) is 3.24. The van der Waals surface area contributed by atoms with Gasteiger partial charge in [0.15, 0.2) is 0 Å². The van der Waals surface area contributed by atoms with Crippen LogP contribution in [0.15, 0.2) is 48.5 Å². The normalized spacial score (nSPS) is 12.9. The smallest absolute Gasteiger partial charge is 0.269 e. The summed E-state index contributed by atoms with van der Waals surface area (Å²) in [5, 5.41) is 10.9. The number of anilines is 1. The molecule has 7 heteroatoms. The predicted molar refractivity (Wildman–Crippen MR) is 106 cm³/mol. The Kier molecular flexibility index (Phi) is 4.43. The molecule has 1 aromatic carbocycles. The maximum Gasteiger partial charge on any atom is 0.269 e. The molecule has 0 fully saturated rings. The number of rotatable bonds is 4. The highest BCUT2D eigenvalue weighted by Gasteiger charge is 2.26. The lowest BCUT2D eigenvalue weighted by atomic mass is 10.1. The van der Waals surface area contributed by atoms with E-state index in [1.807, 2.05) is 44.2 Å². The van der Waals surface area contributed by atoms with Gasteiger partial charge in [0.05, 0.1) is 17.0 Å². The Morgan fingerprint density at radius 2 is 1.89 bits per heavy atom. The van der Waals surface area contributed by atoms with Crippen molar-refractivity contribution in [3.8, 4) is 5.82 Å². The van der Waals surface area contributed by atoms with Crippen molar-refractivity contribution in [2.75, 3.05) is 11.4 Å². The van der Waals surface area contributed by atoms with E-state index in [4.69, 9.17) is 0 Å². The van der Waals surface area contributed by atoms with Crippen LogP contribution in [0.4, 0.5) is 11.4 Å². The molecule has 0 bridgehead atoms. The molecule has 1 aliphatic rings. The first-order valence-corrected chi connectivity index (χ1v) is 9.13. The summed E-state index contributed by atoms with van der Waals surface area (Å²) < 4.78 is 2.05. The first kappa shape index (κ1) is 17.9. The van der Waals surface area contributed by atoms with Crippen molar-refractivity contribution in [1.29, 1.82) is 0 Å². The molecule has 0 saturated heterocycles. The zero-order valence-corrected chi connectivity index (χ0v) is 15.8. The van der Waals surface area contributed by atoms with Crippen molar-refractivity contribution in [2.45, 2.75) is 26.7 Å². The van der Waals surface area contributed by atoms with Gasteiger partial charge in [0.25, 0.3) is 5.69 Å². The lowest BCUT2D eigenvalue weighted by Crippen LogP contribution is -2.30. The summed E-state index contributed by atoms with van der Waals surface area (Å²) in [6.07, 6.45) is 0.807. The molecule has 1 amide bonds. The van der Waals surface area contributed by atoms with Crippen LogP contribution in [0.25, 0.3) is 5.82 Å². The Bertz CT molecular complexity index is 1070. The summed E-state index contributed by atoms with van der Waals surface area (Å²) in [7, 11) is 0. The van der Waals surface area contributed by atoms with Gasteiger partial charge in [-0.05, 0) is 56.2 Å². The zero-order chi connectivity index (χ0) is 19.8. The van der Waals surface area contributed by atoms with Crippen molar-refractivity contribution in [3.05, 3.63) is 81.3 Å². The van der Waals surface area contributed by atoms with Gasteiger partial charge in [-0.3, -0.25) is 14.9 Å². The fourth-order valence-electron chi connectivity index (χ4n) is 3.73. The fourth-order valence-corrected chi connectivity index (χ4v) is 3.73. The van der Waals surface area contributed by atoms with Crippen LogP contribution in [0.5, 0.6) is 0 Å². The van der Waals surface area contributed by atoms with Crippen molar-refractivity contribution in [3.63, 3.8) is 0 Å². The Morgan fingerprint density at radius 3 is 2.61 bits per heavy atom. The molecule has 0 unspecified atom stereocenters. The minimum Gasteiger partial charge on any atom is -0.311 e. The zero-order valence-electron chi connectivity index (χ0n) is 15.8. The molecule has 0 N–H and O–H groups in total. The van der Waals surface area contributed by atoms with Crippen molar-refractivity contribution in [2.24, 2.45) is 0 Å².